The second-order valence-corrected chi connectivity index (χ2v) is 5.76. The Morgan fingerprint density at radius 1 is 1.45 bits per heavy atom. The van der Waals surface area contributed by atoms with Gasteiger partial charge in [0.25, 0.3) is 5.91 Å². The minimum absolute atomic E-state index is 0.165. The van der Waals surface area contributed by atoms with Crippen molar-refractivity contribution in [1.82, 2.24) is 10.2 Å². The molecule has 1 saturated carbocycles. The molecule has 3 N–H and O–H groups in total. The Morgan fingerprint density at radius 2 is 2.15 bits per heavy atom. The topological polar surface area (TPSA) is 58.4 Å². The molecule has 1 aliphatic carbocycles. The molecule has 0 spiro atoms. The third-order valence-corrected chi connectivity index (χ3v) is 4.39. The number of likely N-dealkylation sites (N-methyl/N-ethyl adjacent to an activating group) is 1. The second kappa shape index (κ2) is 6.95. The number of nitrogens with two attached hydrogens (primary N) is 1. The molecule has 1 amide bonds. The van der Waals surface area contributed by atoms with Crippen molar-refractivity contribution in [3.63, 3.8) is 0 Å². The van der Waals surface area contributed by atoms with Crippen LogP contribution in [0.25, 0.3) is 0 Å². The van der Waals surface area contributed by atoms with Crippen LogP contribution in [-0.4, -0.2) is 37.0 Å². The van der Waals surface area contributed by atoms with Crippen molar-refractivity contribution in [1.29, 1.82) is 0 Å². The summed E-state index contributed by atoms with van der Waals surface area (Å²) >= 11 is 6.04. The molecule has 0 aliphatic heterocycles. The SMILES string of the molecule is CN(CCNC(=O)c1cccc(N)c1Cl)C1CCCC1. The lowest BCUT2D eigenvalue weighted by molar-refractivity contribution is 0.0947. The van der Waals surface area contributed by atoms with Crippen molar-refractivity contribution in [2.75, 3.05) is 25.9 Å². The molecular weight excluding hydrogens is 274 g/mol. The molecule has 0 bridgehead atoms. The maximum atomic E-state index is 12.1. The van der Waals surface area contributed by atoms with Gasteiger partial charge in [0, 0.05) is 19.1 Å². The van der Waals surface area contributed by atoms with Gasteiger partial charge in [0.15, 0.2) is 0 Å². The van der Waals surface area contributed by atoms with Crippen LogP contribution < -0.4 is 11.1 Å². The van der Waals surface area contributed by atoms with E-state index in [0.29, 0.717) is 28.9 Å². The Bertz CT molecular complexity index is 472. The highest BCUT2D eigenvalue weighted by Crippen LogP contribution is 2.23. The van der Waals surface area contributed by atoms with E-state index in [1.54, 1.807) is 18.2 Å². The molecule has 1 aromatic rings. The molecular formula is C15H22ClN3O. The van der Waals surface area contributed by atoms with Gasteiger partial charge in [-0.1, -0.05) is 30.5 Å². The van der Waals surface area contributed by atoms with Crippen LogP contribution in [0, 0.1) is 0 Å². The lowest BCUT2D eigenvalue weighted by Gasteiger charge is -2.23. The number of hydrogen-bond donors (Lipinski definition) is 2. The Balaban J connectivity index is 1.81. The Labute approximate surface area is 125 Å². The normalized spacial score (nSPS) is 15.8. The predicted molar refractivity (Wildman–Crippen MR) is 83.1 cm³/mol. The van der Waals surface area contributed by atoms with Crippen molar-refractivity contribution in [3.8, 4) is 0 Å². The number of anilines is 1. The molecule has 0 unspecified atom stereocenters. The van der Waals surface area contributed by atoms with E-state index in [1.807, 2.05) is 0 Å². The number of nitrogens with one attached hydrogen (secondary N) is 1. The van der Waals surface area contributed by atoms with Crippen LogP contribution in [-0.2, 0) is 0 Å². The van der Waals surface area contributed by atoms with Crippen molar-refractivity contribution in [2.45, 2.75) is 31.7 Å². The molecule has 1 aromatic carbocycles. The minimum atomic E-state index is -0.165. The summed E-state index contributed by atoms with van der Waals surface area (Å²) in [6.45, 7) is 1.48. The van der Waals surface area contributed by atoms with Gasteiger partial charge in [-0.05, 0) is 32.0 Å². The molecule has 1 fully saturated rings. The quantitative estimate of drug-likeness (QED) is 0.821. The molecule has 0 saturated heterocycles. The van der Waals surface area contributed by atoms with Gasteiger partial charge in [0.1, 0.15) is 0 Å². The Morgan fingerprint density at radius 3 is 2.85 bits per heavy atom. The highest BCUT2D eigenvalue weighted by Gasteiger charge is 2.19. The molecule has 0 heterocycles. The number of benzene rings is 1. The summed E-state index contributed by atoms with van der Waals surface area (Å²) in [4.78, 5) is 14.4. The number of rotatable bonds is 5. The number of halogens is 1. The maximum Gasteiger partial charge on any atom is 0.252 e. The van der Waals surface area contributed by atoms with E-state index in [9.17, 15) is 4.79 Å². The molecule has 0 aromatic heterocycles. The largest absolute Gasteiger partial charge is 0.398 e. The van der Waals surface area contributed by atoms with E-state index in [1.165, 1.54) is 25.7 Å². The first kappa shape index (κ1) is 15.1. The van der Waals surface area contributed by atoms with E-state index in [2.05, 4.69) is 17.3 Å². The van der Waals surface area contributed by atoms with E-state index < -0.39 is 0 Å². The zero-order valence-electron chi connectivity index (χ0n) is 11.9. The summed E-state index contributed by atoms with van der Waals surface area (Å²) < 4.78 is 0. The fourth-order valence-electron chi connectivity index (χ4n) is 2.69. The molecule has 5 heteroatoms. The van der Waals surface area contributed by atoms with Crippen LogP contribution in [0.15, 0.2) is 18.2 Å². The Kier molecular flexibility index (Phi) is 5.26. The first-order valence-corrected chi connectivity index (χ1v) is 7.50. The smallest absolute Gasteiger partial charge is 0.252 e. The summed E-state index contributed by atoms with van der Waals surface area (Å²) in [7, 11) is 2.12. The van der Waals surface area contributed by atoms with Crippen molar-refractivity contribution in [2.24, 2.45) is 0 Å². The average Bonchev–Trinajstić information content (AvgIpc) is 2.95. The van der Waals surface area contributed by atoms with E-state index in [0.717, 1.165) is 6.54 Å². The third kappa shape index (κ3) is 3.64. The minimum Gasteiger partial charge on any atom is -0.398 e. The molecule has 110 valence electrons. The molecule has 0 atom stereocenters. The van der Waals surface area contributed by atoms with Crippen LogP contribution in [0.2, 0.25) is 5.02 Å². The zero-order valence-corrected chi connectivity index (χ0v) is 12.6. The summed E-state index contributed by atoms with van der Waals surface area (Å²) in [5.41, 5.74) is 6.57. The standard InChI is InChI=1S/C15H22ClN3O/c1-19(11-5-2-3-6-11)10-9-18-15(20)12-7-4-8-13(17)14(12)16/h4,7-8,11H,2-3,5-6,9-10,17H2,1H3,(H,18,20). The fraction of sp³-hybridized carbons (Fsp3) is 0.533. The number of carbonyl (C=O) groups is 1. The van der Waals surface area contributed by atoms with E-state index in [4.69, 9.17) is 17.3 Å². The van der Waals surface area contributed by atoms with Crippen molar-refractivity contribution in [3.05, 3.63) is 28.8 Å². The summed E-state index contributed by atoms with van der Waals surface area (Å²) in [6.07, 6.45) is 5.18. The first-order valence-electron chi connectivity index (χ1n) is 7.12. The van der Waals surface area contributed by atoms with Crippen molar-refractivity contribution < 1.29 is 4.79 Å². The summed E-state index contributed by atoms with van der Waals surface area (Å²) in [5.74, 6) is -0.165. The van der Waals surface area contributed by atoms with E-state index >= 15 is 0 Å². The summed E-state index contributed by atoms with van der Waals surface area (Å²) in [6, 6.07) is 5.78. The van der Waals surface area contributed by atoms with E-state index in [-0.39, 0.29) is 5.91 Å². The molecule has 0 radical (unpaired) electrons. The Hall–Kier alpha value is -1.26. The van der Waals surface area contributed by atoms with Gasteiger partial charge in [-0.3, -0.25) is 4.79 Å². The highest BCUT2D eigenvalue weighted by atomic mass is 35.5. The monoisotopic (exact) mass is 295 g/mol. The highest BCUT2D eigenvalue weighted by molar-refractivity contribution is 6.36. The summed E-state index contributed by atoms with van der Waals surface area (Å²) in [5, 5.41) is 3.23. The molecule has 1 aliphatic rings. The lowest BCUT2D eigenvalue weighted by atomic mass is 10.2. The number of carbonyl (C=O) groups excluding carboxylic acids is 1. The van der Waals surface area contributed by atoms with Gasteiger partial charge in [-0.2, -0.15) is 0 Å². The van der Waals surface area contributed by atoms with Crippen LogP contribution >= 0.6 is 11.6 Å². The predicted octanol–water partition coefficient (Wildman–Crippen LogP) is 2.53. The fourth-order valence-corrected chi connectivity index (χ4v) is 2.91. The number of nitrogen functional groups attached to an aromatic ring is 1. The van der Waals surface area contributed by atoms with Crippen LogP contribution in [0.1, 0.15) is 36.0 Å². The van der Waals surface area contributed by atoms with Gasteiger partial charge in [-0.15, -0.1) is 0 Å². The van der Waals surface area contributed by atoms with Gasteiger partial charge >= 0.3 is 0 Å². The van der Waals surface area contributed by atoms with Crippen LogP contribution in [0.5, 0.6) is 0 Å². The van der Waals surface area contributed by atoms with Crippen LogP contribution in [0.4, 0.5) is 5.69 Å². The number of hydrogen-bond acceptors (Lipinski definition) is 3. The first-order chi connectivity index (χ1) is 9.59. The average molecular weight is 296 g/mol. The van der Waals surface area contributed by atoms with Gasteiger partial charge in [0.2, 0.25) is 0 Å². The van der Waals surface area contributed by atoms with Gasteiger partial charge in [0.05, 0.1) is 16.3 Å². The van der Waals surface area contributed by atoms with Gasteiger partial charge < -0.3 is 16.0 Å². The molecule has 2 rings (SSSR count). The van der Waals surface area contributed by atoms with Crippen LogP contribution in [0.3, 0.4) is 0 Å². The number of nitrogens with zero attached hydrogens (tertiary/aromatic N) is 1. The maximum absolute atomic E-state index is 12.1. The van der Waals surface area contributed by atoms with Crippen molar-refractivity contribution >= 4 is 23.2 Å². The number of amides is 1. The lowest BCUT2D eigenvalue weighted by Crippen LogP contribution is -2.37. The second-order valence-electron chi connectivity index (χ2n) is 5.38. The molecule has 20 heavy (non-hydrogen) atoms. The molecule has 4 nitrogen and oxygen atoms in total. The van der Waals surface area contributed by atoms with Gasteiger partial charge in [-0.25, -0.2) is 0 Å². The zero-order chi connectivity index (χ0) is 14.5. The third-order valence-electron chi connectivity index (χ3n) is 3.97.